The largest absolute Gasteiger partial charge is 0.314 e. The van der Waals surface area contributed by atoms with E-state index in [1.807, 2.05) is 16.9 Å². The molecule has 0 amide bonds. The van der Waals surface area contributed by atoms with Gasteiger partial charge in [0, 0.05) is 31.5 Å². The van der Waals surface area contributed by atoms with Gasteiger partial charge in [-0.3, -0.25) is 4.68 Å². The first-order valence-electron chi connectivity index (χ1n) is 5.04. The van der Waals surface area contributed by atoms with Crippen molar-refractivity contribution in [2.45, 2.75) is 13.5 Å². The van der Waals surface area contributed by atoms with E-state index in [0.717, 1.165) is 26.2 Å². The van der Waals surface area contributed by atoms with Crippen LogP contribution < -0.4 is 5.32 Å². The van der Waals surface area contributed by atoms with Crippen LogP contribution in [0.2, 0.25) is 0 Å². The maximum atomic E-state index is 4.21. The molecule has 0 aromatic carbocycles. The molecule has 0 saturated carbocycles. The summed E-state index contributed by atoms with van der Waals surface area (Å²) in [4.78, 5) is 2.17. The SMILES string of the molecule is Cc1ccnn1CCNCCN(C)C. The minimum absolute atomic E-state index is 0.951. The molecule has 0 saturated heterocycles. The van der Waals surface area contributed by atoms with Gasteiger partial charge in [-0.1, -0.05) is 0 Å². The molecule has 1 aromatic rings. The average molecular weight is 196 g/mol. The highest BCUT2D eigenvalue weighted by molar-refractivity contribution is 4.96. The maximum Gasteiger partial charge on any atom is 0.0537 e. The molecule has 4 heteroatoms. The molecule has 0 bridgehead atoms. The lowest BCUT2D eigenvalue weighted by Gasteiger charge is -2.10. The normalized spacial score (nSPS) is 11.1. The van der Waals surface area contributed by atoms with E-state index < -0.39 is 0 Å². The zero-order chi connectivity index (χ0) is 10.4. The van der Waals surface area contributed by atoms with Crippen molar-refractivity contribution in [3.8, 4) is 0 Å². The summed E-state index contributed by atoms with van der Waals surface area (Å²) in [7, 11) is 4.17. The third-order valence-corrected chi connectivity index (χ3v) is 2.17. The van der Waals surface area contributed by atoms with Gasteiger partial charge in [-0.05, 0) is 27.1 Å². The molecule has 80 valence electrons. The van der Waals surface area contributed by atoms with Gasteiger partial charge in [0.15, 0.2) is 0 Å². The highest BCUT2D eigenvalue weighted by Crippen LogP contribution is 1.93. The van der Waals surface area contributed by atoms with Crippen LogP contribution in [0, 0.1) is 6.92 Å². The fourth-order valence-electron chi connectivity index (χ4n) is 1.25. The van der Waals surface area contributed by atoms with Crippen LogP contribution in [0.1, 0.15) is 5.69 Å². The monoisotopic (exact) mass is 196 g/mol. The molecule has 0 aliphatic heterocycles. The number of nitrogens with zero attached hydrogens (tertiary/aromatic N) is 3. The number of hydrogen-bond acceptors (Lipinski definition) is 3. The molecular weight excluding hydrogens is 176 g/mol. The topological polar surface area (TPSA) is 33.1 Å². The number of nitrogens with one attached hydrogen (secondary N) is 1. The smallest absolute Gasteiger partial charge is 0.0537 e. The van der Waals surface area contributed by atoms with E-state index in [0.29, 0.717) is 0 Å². The van der Waals surface area contributed by atoms with E-state index in [-0.39, 0.29) is 0 Å². The highest BCUT2D eigenvalue weighted by atomic mass is 15.3. The molecule has 4 nitrogen and oxygen atoms in total. The molecule has 14 heavy (non-hydrogen) atoms. The highest BCUT2D eigenvalue weighted by Gasteiger charge is 1.95. The Balaban J connectivity index is 2.08. The molecule has 1 aromatic heterocycles. The fourth-order valence-corrected chi connectivity index (χ4v) is 1.25. The molecule has 0 atom stereocenters. The van der Waals surface area contributed by atoms with E-state index >= 15 is 0 Å². The van der Waals surface area contributed by atoms with Crippen LogP contribution in [0.5, 0.6) is 0 Å². The van der Waals surface area contributed by atoms with Gasteiger partial charge in [0.1, 0.15) is 0 Å². The molecule has 0 aliphatic carbocycles. The van der Waals surface area contributed by atoms with Gasteiger partial charge >= 0.3 is 0 Å². The van der Waals surface area contributed by atoms with Crippen molar-refractivity contribution in [3.05, 3.63) is 18.0 Å². The Kier molecular flexibility index (Phi) is 4.62. The molecule has 0 aliphatic rings. The van der Waals surface area contributed by atoms with Gasteiger partial charge in [0.05, 0.1) is 6.54 Å². The molecule has 1 rings (SSSR count). The van der Waals surface area contributed by atoms with Crippen molar-refractivity contribution in [1.82, 2.24) is 20.0 Å². The van der Waals surface area contributed by atoms with Crippen molar-refractivity contribution < 1.29 is 0 Å². The summed E-state index contributed by atoms with van der Waals surface area (Å²) in [6.07, 6.45) is 1.84. The molecule has 0 fully saturated rings. The minimum atomic E-state index is 0.951. The van der Waals surface area contributed by atoms with Crippen molar-refractivity contribution >= 4 is 0 Å². The predicted molar refractivity (Wildman–Crippen MR) is 58.4 cm³/mol. The molecule has 1 N–H and O–H groups in total. The third kappa shape index (κ3) is 3.89. The Labute approximate surface area is 85.9 Å². The maximum absolute atomic E-state index is 4.21. The zero-order valence-electron chi connectivity index (χ0n) is 9.32. The third-order valence-electron chi connectivity index (χ3n) is 2.17. The molecule has 0 unspecified atom stereocenters. The first kappa shape index (κ1) is 11.2. The summed E-state index contributed by atoms with van der Waals surface area (Å²) < 4.78 is 2.02. The Morgan fingerprint density at radius 2 is 2.21 bits per heavy atom. The summed E-state index contributed by atoms with van der Waals surface area (Å²) in [5.41, 5.74) is 1.22. The van der Waals surface area contributed by atoms with E-state index in [1.54, 1.807) is 0 Å². The quantitative estimate of drug-likeness (QED) is 0.666. The summed E-state index contributed by atoms with van der Waals surface area (Å²) in [5, 5.41) is 7.59. The van der Waals surface area contributed by atoms with Gasteiger partial charge in [-0.15, -0.1) is 0 Å². The van der Waals surface area contributed by atoms with Crippen LogP contribution in [-0.2, 0) is 6.54 Å². The Bertz CT molecular complexity index is 254. The second kappa shape index (κ2) is 5.78. The minimum Gasteiger partial charge on any atom is -0.314 e. The van der Waals surface area contributed by atoms with Crippen LogP contribution in [-0.4, -0.2) is 48.4 Å². The molecular formula is C10H20N4. The second-order valence-corrected chi connectivity index (χ2v) is 3.75. The summed E-state index contributed by atoms with van der Waals surface area (Å²) in [6, 6.07) is 2.03. The molecule has 1 heterocycles. The molecule has 0 radical (unpaired) electrons. The lowest BCUT2D eigenvalue weighted by Crippen LogP contribution is -2.29. The number of aromatic nitrogens is 2. The summed E-state index contributed by atoms with van der Waals surface area (Å²) >= 11 is 0. The van der Waals surface area contributed by atoms with Crippen LogP contribution in [0.25, 0.3) is 0 Å². The standard InChI is InChI=1S/C10H20N4/c1-10-4-5-12-14(10)9-7-11-6-8-13(2)3/h4-5,11H,6-9H2,1-3H3. The van der Waals surface area contributed by atoms with Crippen molar-refractivity contribution in [1.29, 1.82) is 0 Å². The number of aryl methyl sites for hydroxylation is 1. The Hall–Kier alpha value is -0.870. The van der Waals surface area contributed by atoms with Gasteiger partial charge in [-0.2, -0.15) is 5.10 Å². The fraction of sp³-hybridized carbons (Fsp3) is 0.700. The van der Waals surface area contributed by atoms with Crippen LogP contribution in [0.3, 0.4) is 0 Å². The van der Waals surface area contributed by atoms with Crippen LogP contribution in [0.4, 0.5) is 0 Å². The first-order chi connectivity index (χ1) is 6.70. The summed E-state index contributed by atoms with van der Waals surface area (Å²) in [6.45, 7) is 6.13. The van der Waals surface area contributed by atoms with Crippen LogP contribution >= 0.6 is 0 Å². The lowest BCUT2D eigenvalue weighted by molar-refractivity contribution is 0.396. The van der Waals surface area contributed by atoms with Crippen molar-refractivity contribution in [2.75, 3.05) is 33.7 Å². The number of likely N-dealkylation sites (N-methyl/N-ethyl adjacent to an activating group) is 1. The second-order valence-electron chi connectivity index (χ2n) is 3.75. The number of hydrogen-bond donors (Lipinski definition) is 1. The van der Waals surface area contributed by atoms with Gasteiger partial charge in [0.2, 0.25) is 0 Å². The predicted octanol–water partition coefficient (Wildman–Crippen LogP) is 0.343. The van der Waals surface area contributed by atoms with E-state index in [1.165, 1.54) is 5.69 Å². The van der Waals surface area contributed by atoms with Crippen molar-refractivity contribution in [2.24, 2.45) is 0 Å². The molecule has 0 spiro atoms. The van der Waals surface area contributed by atoms with Gasteiger partial charge in [-0.25, -0.2) is 0 Å². The van der Waals surface area contributed by atoms with Crippen LogP contribution in [0.15, 0.2) is 12.3 Å². The first-order valence-corrected chi connectivity index (χ1v) is 5.04. The Morgan fingerprint density at radius 3 is 2.79 bits per heavy atom. The average Bonchev–Trinajstić information content (AvgIpc) is 2.51. The summed E-state index contributed by atoms with van der Waals surface area (Å²) in [5.74, 6) is 0. The van der Waals surface area contributed by atoms with E-state index in [2.05, 4.69) is 36.3 Å². The Morgan fingerprint density at radius 1 is 1.43 bits per heavy atom. The van der Waals surface area contributed by atoms with E-state index in [9.17, 15) is 0 Å². The van der Waals surface area contributed by atoms with Gasteiger partial charge in [0.25, 0.3) is 0 Å². The van der Waals surface area contributed by atoms with E-state index in [4.69, 9.17) is 0 Å². The van der Waals surface area contributed by atoms with Gasteiger partial charge < -0.3 is 10.2 Å². The zero-order valence-corrected chi connectivity index (χ0v) is 9.32. The van der Waals surface area contributed by atoms with Crippen molar-refractivity contribution in [3.63, 3.8) is 0 Å². The number of rotatable bonds is 6. The lowest BCUT2D eigenvalue weighted by atomic mass is 10.4.